The largest absolute Gasteiger partial charge is 0.494 e. The van der Waals surface area contributed by atoms with Crippen molar-refractivity contribution < 1.29 is 14.6 Å². The van der Waals surface area contributed by atoms with Crippen LogP contribution in [0.25, 0.3) is 11.4 Å². The van der Waals surface area contributed by atoms with E-state index in [1.54, 1.807) is 13.8 Å². The number of carboxylic acids is 1. The third-order valence-corrected chi connectivity index (χ3v) is 3.08. The highest BCUT2D eigenvalue weighted by molar-refractivity contribution is 5.73. The fourth-order valence-electron chi connectivity index (χ4n) is 1.83. The number of hydrogen-bond acceptors (Lipinski definition) is 5. The molecule has 2 aromatic rings. The van der Waals surface area contributed by atoms with Crippen LogP contribution in [0.3, 0.4) is 0 Å². The summed E-state index contributed by atoms with van der Waals surface area (Å²) >= 11 is 0. The molecule has 7 heteroatoms. The van der Waals surface area contributed by atoms with Crippen LogP contribution in [-0.2, 0) is 11.3 Å². The maximum Gasteiger partial charge on any atom is 0.310 e. The highest BCUT2D eigenvalue weighted by Gasteiger charge is 2.29. The lowest BCUT2D eigenvalue weighted by atomic mass is 9.94. The molecule has 1 aromatic heterocycles. The van der Waals surface area contributed by atoms with Gasteiger partial charge in [-0.1, -0.05) is 0 Å². The zero-order valence-electron chi connectivity index (χ0n) is 12.3. The molecule has 0 atom stereocenters. The Morgan fingerprint density at radius 2 is 2.00 bits per heavy atom. The lowest BCUT2D eigenvalue weighted by molar-refractivity contribution is -0.147. The number of aromatic nitrogens is 4. The predicted octanol–water partition coefficient (Wildman–Crippen LogP) is 1.85. The van der Waals surface area contributed by atoms with Crippen LogP contribution in [0.2, 0.25) is 0 Å². The standard InChI is InChI=1S/C14H18N4O3/c1-4-21-11-7-5-10(6-8-11)12-15-16-17-18(12)9-14(2,3)13(19)20/h5-8H,4,9H2,1-3H3,(H,19,20). The molecule has 1 heterocycles. The van der Waals surface area contributed by atoms with Crippen LogP contribution in [0.15, 0.2) is 24.3 Å². The van der Waals surface area contributed by atoms with Gasteiger partial charge in [-0.3, -0.25) is 4.79 Å². The van der Waals surface area contributed by atoms with Crippen molar-refractivity contribution in [3.8, 4) is 17.1 Å². The molecule has 0 amide bonds. The second-order valence-electron chi connectivity index (χ2n) is 5.31. The molecule has 1 N–H and O–H groups in total. The van der Waals surface area contributed by atoms with Gasteiger partial charge in [0.05, 0.1) is 18.6 Å². The Bertz CT molecular complexity index is 619. The lowest BCUT2D eigenvalue weighted by Gasteiger charge is -2.19. The van der Waals surface area contributed by atoms with Gasteiger partial charge in [0.25, 0.3) is 0 Å². The van der Waals surface area contributed by atoms with E-state index in [-0.39, 0.29) is 6.54 Å². The van der Waals surface area contributed by atoms with Gasteiger partial charge in [-0.15, -0.1) is 5.10 Å². The average molecular weight is 290 g/mol. The Hall–Kier alpha value is -2.44. The number of benzene rings is 1. The highest BCUT2D eigenvalue weighted by atomic mass is 16.5. The minimum atomic E-state index is -0.949. The summed E-state index contributed by atoms with van der Waals surface area (Å²) in [5.74, 6) is 0.411. The molecular weight excluding hydrogens is 272 g/mol. The topological polar surface area (TPSA) is 90.1 Å². The summed E-state index contributed by atoms with van der Waals surface area (Å²) in [6.07, 6.45) is 0. The normalized spacial score (nSPS) is 11.4. The molecule has 1 aromatic carbocycles. The molecule has 21 heavy (non-hydrogen) atoms. The number of carbonyl (C=O) groups is 1. The Kier molecular flexibility index (Phi) is 4.21. The zero-order valence-corrected chi connectivity index (χ0v) is 12.3. The van der Waals surface area contributed by atoms with E-state index in [9.17, 15) is 9.90 Å². The van der Waals surface area contributed by atoms with E-state index in [2.05, 4.69) is 15.5 Å². The van der Waals surface area contributed by atoms with Gasteiger partial charge in [0.2, 0.25) is 0 Å². The summed E-state index contributed by atoms with van der Waals surface area (Å²) in [6, 6.07) is 7.36. The van der Waals surface area contributed by atoms with Gasteiger partial charge in [0.1, 0.15) is 5.75 Å². The Labute approximate surface area is 122 Å². The predicted molar refractivity (Wildman–Crippen MR) is 75.8 cm³/mol. The van der Waals surface area contributed by atoms with Crippen LogP contribution in [0.5, 0.6) is 5.75 Å². The summed E-state index contributed by atoms with van der Waals surface area (Å²) in [7, 11) is 0. The molecular formula is C14H18N4O3. The van der Waals surface area contributed by atoms with Crippen molar-refractivity contribution in [2.45, 2.75) is 27.3 Å². The Balaban J connectivity index is 2.26. The summed E-state index contributed by atoms with van der Waals surface area (Å²) in [5.41, 5.74) is -0.139. The maximum atomic E-state index is 11.2. The molecule has 0 unspecified atom stereocenters. The van der Waals surface area contributed by atoms with Gasteiger partial charge in [0.15, 0.2) is 5.82 Å². The molecule has 0 bridgehead atoms. The van der Waals surface area contributed by atoms with Crippen LogP contribution >= 0.6 is 0 Å². The highest BCUT2D eigenvalue weighted by Crippen LogP contribution is 2.24. The zero-order chi connectivity index (χ0) is 15.5. The SMILES string of the molecule is CCOc1ccc(-c2nnnn2CC(C)(C)C(=O)O)cc1. The molecule has 0 aliphatic carbocycles. The van der Waals surface area contributed by atoms with Gasteiger partial charge < -0.3 is 9.84 Å². The van der Waals surface area contributed by atoms with Crippen molar-refractivity contribution in [3.05, 3.63) is 24.3 Å². The van der Waals surface area contributed by atoms with E-state index in [1.165, 1.54) is 4.68 Å². The second kappa shape index (κ2) is 5.90. The summed E-state index contributed by atoms with van der Waals surface area (Å²) in [5, 5.41) is 20.7. The van der Waals surface area contributed by atoms with Crippen LogP contribution < -0.4 is 4.74 Å². The van der Waals surface area contributed by atoms with Crippen LogP contribution in [0, 0.1) is 5.41 Å². The molecule has 0 saturated carbocycles. The molecule has 0 saturated heterocycles. The van der Waals surface area contributed by atoms with Crippen molar-refractivity contribution in [1.29, 1.82) is 0 Å². The lowest BCUT2D eigenvalue weighted by Crippen LogP contribution is -2.30. The van der Waals surface area contributed by atoms with Crippen LogP contribution in [0.1, 0.15) is 20.8 Å². The molecule has 0 aliphatic rings. The number of carboxylic acid groups (broad SMARTS) is 1. The fourth-order valence-corrected chi connectivity index (χ4v) is 1.83. The van der Waals surface area contributed by atoms with Gasteiger partial charge >= 0.3 is 5.97 Å². The molecule has 0 radical (unpaired) electrons. The van der Waals surface area contributed by atoms with Crippen molar-refractivity contribution in [3.63, 3.8) is 0 Å². The monoisotopic (exact) mass is 290 g/mol. The number of tetrazole rings is 1. The van der Waals surface area contributed by atoms with Crippen molar-refractivity contribution in [2.75, 3.05) is 6.61 Å². The third kappa shape index (κ3) is 3.36. The molecule has 0 fully saturated rings. The van der Waals surface area contributed by atoms with Crippen LogP contribution in [-0.4, -0.2) is 37.9 Å². The van der Waals surface area contributed by atoms with Crippen molar-refractivity contribution >= 4 is 5.97 Å². The van der Waals surface area contributed by atoms with E-state index in [0.29, 0.717) is 12.4 Å². The van der Waals surface area contributed by atoms with Crippen LogP contribution in [0.4, 0.5) is 0 Å². The summed E-state index contributed by atoms with van der Waals surface area (Å²) in [4.78, 5) is 11.2. The number of aliphatic carboxylic acids is 1. The van der Waals surface area contributed by atoms with Gasteiger partial charge in [-0.2, -0.15) is 0 Å². The number of hydrogen-bond donors (Lipinski definition) is 1. The number of rotatable bonds is 6. The van der Waals surface area contributed by atoms with Crippen molar-refractivity contribution in [1.82, 2.24) is 20.2 Å². The van der Waals surface area contributed by atoms with E-state index in [4.69, 9.17) is 4.74 Å². The minimum absolute atomic E-state index is 0.192. The fraction of sp³-hybridized carbons (Fsp3) is 0.429. The second-order valence-corrected chi connectivity index (χ2v) is 5.31. The Morgan fingerprint density at radius 1 is 1.33 bits per heavy atom. The third-order valence-electron chi connectivity index (χ3n) is 3.08. The Morgan fingerprint density at radius 3 is 2.57 bits per heavy atom. The maximum absolute atomic E-state index is 11.2. The van der Waals surface area contributed by atoms with Gasteiger partial charge in [-0.05, 0) is 55.5 Å². The van der Waals surface area contributed by atoms with E-state index in [0.717, 1.165) is 11.3 Å². The average Bonchev–Trinajstić information content (AvgIpc) is 2.87. The van der Waals surface area contributed by atoms with Crippen molar-refractivity contribution in [2.24, 2.45) is 5.41 Å². The van der Waals surface area contributed by atoms with E-state index < -0.39 is 11.4 Å². The quantitative estimate of drug-likeness (QED) is 0.873. The molecule has 0 spiro atoms. The van der Waals surface area contributed by atoms with Gasteiger partial charge in [-0.25, -0.2) is 4.68 Å². The first-order valence-corrected chi connectivity index (χ1v) is 6.67. The first-order chi connectivity index (χ1) is 9.94. The van der Waals surface area contributed by atoms with Gasteiger partial charge in [0, 0.05) is 5.56 Å². The number of ether oxygens (including phenoxy) is 1. The first kappa shape index (κ1) is 15.0. The molecule has 7 nitrogen and oxygen atoms in total. The summed E-state index contributed by atoms with van der Waals surface area (Å²) < 4.78 is 6.89. The molecule has 2 rings (SSSR count). The summed E-state index contributed by atoms with van der Waals surface area (Å²) in [6.45, 7) is 5.99. The molecule has 112 valence electrons. The minimum Gasteiger partial charge on any atom is -0.494 e. The first-order valence-electron chi connectivity index (χ1n) is 6.67. The molecule has 0 aliphatic heterocycles. The van der Waals surface area contributed by atoms with E-state index in [1.807, 2.05) is 31.2 Å². The van der Waals surface area contributed by atoms with E-state index >= 15 is 0 Å². The number of nitrogens with zero attached hydrogens (tertiary/aromatic N) is 4. The smallest absolute Gasteiger partial charge is 0.310 e.